The molecule has 6 nitrogen and oxygen atoms in total. The van der Waals surface area contributed by atoms with E-state index < -0.39 is 11.0 Å². The molecule has 1 heterocycles. The Bertz CT molecular complexity index is 1400. The van der Waals surface area contributed by atoms with Crippen molar-refractivity contribution in [1.82, 2.24) is 9.62 Å². The fourth-order valence-electron chi connectivity index (χ4n) is 4.86. The zero-order chi connectivity index (χ0) is 27.0. The molecule has 0 spiro atoms. The van der Waals surface area contributed by atoms with Gasteiger partial charge < -0.3 is 9.64 Å². The second-order valence-electron chi connectivity index (χ2n) is 9.60. The first-order valence-corrected chi connectivity index (χ1v) is 14.4. The van der Waals surface area contributed by atoms with Crippen LogP contribution in [0.4, 0.5) is 5.69 Å². The summed E-state index contributed by atoms with van der Waals surface area (Å²) in [4.78, 5) is 17.4. The number of piperazine rings is 1. The molecule has 1 N–H and O–H groups in total. The monoisotopic (exact) mass is 539 g/mol. The van der Waals surface area contributed by atoms with E-state index in [0.29, 0.717) is 11.3 Å². The first kappa shape index (κ1) is 26.7. The van der Waals surface area contributed by atoms with Gasteiger partial charge >= 0.3 is 0 Å². The number of anilines is 1. The molecular formula is C32H33N3O3S. The molecule has 1 fully saturated rings. The second-order valence-corrected chi connectivity index (χ2v) is 10.8. The Kier molecular flexibility index (Phi) is 8.71. The normalized spacial score (nSPS) is 14.5. The highest BCUT2D eigenvalue weighted by atomic mass is 32.2. The molecule has 7 heteroatoms. The van der Waals surface area contributed by atoms with E-state index in [-0.39, 0.29) is 5.91 Å². The molecule has 1 aliphatic rings. The van der Waals surface area contributed by atoms with Crippen molar-refractivity contribution in [3.8, 4) is 16.9 Å². The molecule has 4 aromatic rings. The number of nitrogens with one attached hydrogen (secondary N) is 1. The predicted molar refractivity (Wildman–Crippen MR) is 158 cm³/mol. The number of carbonyl (C=O) groups is 1. The van der Waals surface area contributed by atoms with E-state index in [2.05, 4.69) is 50.9 Å². The van der Waals surface area contributed by atoms with Gasteiger partial charge in [0, 0.05) is 44.0 Å². The Hall–Kier alpha value is -3.94. The van der Waals surface area contributed by atoms with Crippen molar-refractivity contribution in [2.75, 3.05) is 38.2 Å². The Labute approximate surface area is 232 Å². The van der Waals surface area contributed by atoms with Crippen molar-refractivity contribution in [3.63, 3.8) is 0 Å². The highest BCUT2D eigenvalue weighted by molar-refractivity contribution is 7.82. The summed E-state index contributed by atoms with van der Waals surface area (Å²) in [5.74, 6) is 0.828. The minimum atomic E-state index is -1.47. The van der Waals surface area contributed by atoms with Gasteiger partial charge in [0.1, 0.15) is 16.7 Å². The lowest BCUT2D eigenvalue weighted by atomic mass is 9.99. The standard InChI is InChI=1S/C32H33N3O3S/c1-38-30-17-13-26(14-18-30)31-10-6-5-9-28(31)23-34-19-21-35(22-20-34)29-15-11-27(12-16-29)32(36)33-39(37)24-25-7-3-2-4-8-25/h2-18H,19-24H2,1H3,(H,33,36). The average Bonchev–Trinajstić information content (AvgIpc) is 2.98. The first-order chi connectivity index (χ1) is 19.1. The molecule has 5 rings (SSSR count). The maximum atomic E-state index is 12.6. The van der Waals surface area contributed by atoms with E-state index in [1.54, 1.807) is 7.11 Å². The summed E-state index contributed by atoms with van der Waals surface area (Å²) in [5.41, 5.74) is 6.29. The molecule has 39 heavy (non-hydrogen) atoms. The lowest BCUT2D eigenvalue weighted by Gasteiger charge is -2.36. The summed E-state index contributed by atoms with van der Waals surface area (Å²) in [5, 5.41) is 0. The van der Waals surface area contributed by atoms with E-state index in [4.69, 9.17) is 4.74 Å². The van der Waals surface area contributed by atoms with E-state index in [0.717, 1.165) is 49.7 Å². The van der Waals surface area contributed by atoms with Crippen molar-refractivity contribution in [2.45, 2.75) is 12.3 Å². The van der Waals surface area contributed by atoms with Crippen LogP contribution in [0.5, 0.6) is 5.75 Å². The number of benzene rings is 4. The number of hydrogen-bond acceptors (Lipinski definition) is 5. The first-order valence-electron chi connectivity index (χ1n) is 13.1. The van der Waals surface area contributed by atoms with Crippen LogP contribution in [-0.2, 0) is 23.3 Å². The van der Waals surface area contributed by atoms with Crippen molar-refractivity contribution in [2.24, 2.45) is 0 Å². The average molecular weight is 540 g/mol. The van der Waals surface area contributed by atoms with Crippen LogP contribution in [0.25, 0.3) is 11.1 Å². The molecule has 1 saturated heterocycles. The summed E-state index contributed by atoms with van der Waals surface area (Å²) in [7, 11) is 0.217. The van der Waals surface area contributed by atoms with Gasteiger partial charge in [0.15, 0.2) is 0 Å². The summed E-state index contributed by atoms with van der Waals surface area (Å²) in [6.45, 7) is 4.64. The van der Waals surface area contributed by atoms with Gasteiger partial charge in [-0.15, -0.1) is 0 Å². The molecule has 0 saturated carbocycles. The van der Waals surface area contributed by atoms with Crippen LogP contribution < -0.4 is 14.4 Å². The number of amides is 1. The molecule has 0 aromatic heterocycles. The molecule has 1 amide bonds. The molecule has 0 aliphatic carbocycles. The number of ether oxygens (including phenoxy) is 1. The quantitative estimate of drug-likeness (QED) is 0.314. The van der Waals surface area contributed by atoms with Crippen molar-refractivity contribution in [3.05, 3.63) is 120 Å². The van der Waals surface area contributed by atoms with Gasteiger partial charge in [0.25, 0.3) is 5.91 Å². The molecule has 1 atom stereocenters. The van der Waals surface area contributed by atoms with Gasteiger partial charge in [-0.05, 0) is 58.7 Å². The minimum Gasteiger partial charge on any atom is -0.497 e. The number of carbonyl (C=O) groups excluding carboxylic acids is 1. The Morgan fingerprint density at radius 1 is 0.821 bits per heavy atom. The number of hydrogen-bond donors (Lipinski definition) is 1. The Morgan fingerprint density at radius 3 is 2.18 bits per heavy atom. The zero-order valence-corrected chi connectivity index (χ0v) is 22.9. The summed E-state index contributed by atoms with van der Waals surface area (Å²) >= 11 is 0. The van der Waals surface area contributed by atoms with Crippen LogP contribution in [0.15, 0.2) is 103 Å². The van der Waals surface area contributed by atoms with Crippen LogP contribution in [-0.4, -0.2) is 48.3 Å². The highest BCUT2D eigenvalue weighted by Crippen LogP contribution is 2.27. The van der Waals surface area contributed by atoms with Crippen molar-refractivity contribution in [1.29, 1.82) is 0 Å². The molecular weight excluding hydrogens is 506 g/mol. The smallest absolute Gasteiger partial charge is 0.262 e. The van der Waals surface area contributed by atoms with Gasteiger partial charge in [-0.2, -0.15) is 0 Å². The highest BCUT2D eigenvalue weighted by Gasteiger charge is 2.19. The van der Waals surface area contributed by atoms with E-state index in [1.165, 1.54) is 16.7 Å². The SMILES string of the molecule is COc1ccc(-c2ccccc2CN2CCN(c3ccc(C(=O)NS(=O)Cc4ccccc4)cc3)CC2)cc1. The number of rotatable bonds is 9. The Balaban J connectivity index is 1.14. The third-order valence-corrected chi connectivity index (χ3v) is 8.03. The fraction of sp³-hybridized carbons (Fsp3) is 0.219. The van der Waals surface area contributed by atoms with Gasteiger partial charge in [-0.1, -0.05) is 66.7 Å². The van der Waals surface area contributed by atoms with Gasteiger partial charge in [-0.3, -0.25) is 14.4 Å². The topological polar surface area (TPSA) is 61.9 Å². The molecule has 1 unspecified atom stereocenters. The molecule has 4 aromatic carbocycles. The fourth-order valence-corrected chi connectivity index (χ4v) is 5.76. The third kappa shape index (κ3) is 6.93. The number of nitrogens with zero attached hydrogens (tertiary/aromatic N) is 2. The largest absolute Gasteiger partial charge is 0.497 e. The van der Waals surface area contributed by atoms with Crippen molar-refractivity contribution < 1.29 is 13.7 Å². The van der Waals surface area contributed by atoms with E-state index in [9.17, 15) is 9.00 Å². The van der Waals surface area contributed by atoms with Crippen molar-refractivity contribution >= 4 is 22.6 Å². The lowest BCUT2D eigenvalue weighted by Crippen LogP contribution is -2.46. The summed E-state index contributed by atoms with van der Waals surface area (Å²) in [6.07, 6.45) is 0. The number of methoxy groups -OCH3 is 1. The molecule has 1 aliphatic heterocycles. The molecule has 0 bridgehead atoms. The van der Waals surface area contributed by atoms with Gasteiger partial charge in [0.2, 0.25) is 0 Å². The van der Waals surface area contributed by atoms with Crippen LogP contribution >= 0.6 is 0 Å². The van der Waals surface area contributed by atoms with Crippen LogP contribution in [0.2, 0.25) is 0 Å². The maximum absolute atomic E-state index is 12.6. The minimum absolute atomic E-state index is 0.291. The molecule has 200 valence electrons. The van der Waals surface area contributed by atoms with Gasteiger partial charge in [0.05, 0.1) is 12.9 Å². The maximum Gasteiger partial charge on any atom is 0.262 e. The summed E-state index contributed by atoms with van der Waals surface area (Å²) in [6, 6.07) is 33.9. The molecule has 0 radical (unpaired) electrons. The second kappa shape index (κ2) is 12.7. The third-order valence-electron chi connectivity index (χ3n) is 7.03. The van der Waals surface area contributed by atoms with Crippen LogP contribution in [0.1, 0.15) is 21.5 Å². The van der Waals surface area contributed by atoms with E-state index >= 15 is 0 Å². The van der Waals surface area contributed by atoms with Gasteiger partial charge in [-0.25, -0.2) is 4.21 Å². The zero-order valence-electron chi connectivity index (χ0n) is 22.1. The van der Waals surface area contributed by atoms with Crippen LogP contribution in [0, 0.1) is 0 Å². The van der Waals surface area contributed by atoms with E-state index in [1.807, 2.05) is 66.7 Å². The van der Waals surface area contributed by atoms with Crippen LogP contribution in [0.3, 0.4) is 0 Å². The predicted octanol–water partition coefficient (Wildman–Crippen LogP) is 5.28. The lowest BCUT2D eigenvalue weighted by molar-refractivity contribution is 0.0983. The summed E-state index contributed by atoms with van der Waals surface area (Å²) < 4.78 is 20.3. The Morgan fingerprint density at radius 2 is 1.49 bits per heavy atom.